The number of nitrogens with one attached hydrogen (secondary N) is 2. The standard InChI is InChI=1S/C29H51B4N3O5S2/c1-26(2,3)22(37)12-13-29(9,34)41-15-14-28(7,8)25(40)35-18(23(38)32-30)16-42-20-10-11-21(20)43-17-19(24(39)33-31)36-27(4,5)6/h18-21,36H,10-17,34H2,1-9H3,(H,35,40). The third-order valence-electron chi connectivity index (χ3n) is 7.49. The van der Waals surface area contributed by atoms with Crippen molar-refractivity contribution >= 4 is 76.4 Å². The molecule has 14 heteroatoms. The van der Waals surface area contributed by atoms with Crippen LogP contribution in [-0.2, 0) is 23.9 Å². The third-order valence-corrected chi connectivity index (χ3v) is 10.7. The van der Waals surface area contributed by atoms with Crippen molar-refractivity contribution in [2.75, 3.05) is 18.1 Å². The zero-order valence-electron chi connectivity index (χ0n) is 27.7. The third kappa shape index (κ3) is 15.0. The van der Waals surface area contributed by atoms with Gasteiger partial charge in [0.25, 0.3) is 0 Å². The number of Topliss-reactive ketones (excluding diaryl/α,β-unsaturated/α-hetero) is 1. The fourth-order valence-electron chi connectivity index (χ4n) is 4.22. The smallest absolute Gasteiger partial charge is 0.226 e. The van der Waals surface area contributed by atoms with Crippen molar-refractivity contribution in [2.45, 2.75) is 128 Å². The first kappa shape index (κ1) is 40.3. The number of amides is 1. The molecule has 1 saturated carbocycles. The molecule has 0 aromatic carbocycles. The van der Waals surface area contributed by atoms with Crippen molar-refractivity contribution in [1.29, 1.82) is 0 Å². The van der Waals surface area contributed by atoms with E-state index in [2.05, 4.69) is 10.6 Å². The number of carbonyl (C=O) groups is 4. The molecule has 0 aromatic rings. The molecule has 0 aromatic heterocycles. The quantitative estimate of drug-likeness (QED) is 0.138. The minimum absolute atomic E-state index is 0.117. The number of nitrogens with two attached hydrogens (primary N) is 1. The summed E-state index contributed by atoms with van der Waals surface area (Å²) in [6.07, 6.45) is 3.10. The molecule has 1 aliphatic carbocycles. The highest BCUT2D eigenvalue weighted by Gasteiger charge is 2.36. The van der Waals surface area contributed by atoms with Crippen LogP contribution in [0.5, 0.6) is 0 Å². The Morgan fingerprint density at radius 1 is 0.860 bits per heavy atom. The Labute approximate surface area is 273 Å². The van der Waals surface area contributed by atoms with Crippen LogP contribution in [0.1, 0.15) is 94.4 Å². The predicted octanol–water partition coefficient (Wildman–Crippen LogP) is 2.36. The van der Waals surface area contributed by atoms with Crippen LogP contribution in [0.4, 0.5) is 0 Å². The summed E-state index contributed by atoms with van der Waals surface area (Å²) in [4.78, 5) is 50.5. The highest BCUT2D eigenvalue weighted by Crippen LogP contribution is 2.40. The average molecular weight is 629 g/mol. The van der Waals surface area contributed by atoms with Crippen LogP contribution < -0.4 is 16.4 Å². The number of thioether (sulfide) groups is 2. The SMILES string of the molecule is [B][B]C(=O)C(CSC1CCC1SCC(NC(C)(C)C)C(=O)[B][B])NC(=O)C(C)(C)CCOC(C)(N)CCC(=O)C(C)(C)C. The van der Waals surface area contributed by atoms with Gasteiger partial charge in [0, 0.05) is 66.9 Å². The second-order valence-corrected chi connectivity index (χ2v) is 16.9. The van der Waals surface area contributed by atoms with Gasteiger partial charge in [-0.2, -0.15) is 23.5 Å². The Bertz CT molecular complexity index is 957. The maximum atomic E-state index is 13.2. The molecule has 1 aliphatic rings. The summed E-state index contributed by atoms with van der Waals surface area (Å²) >= 11 is 3.38. The molecule has 8 nitrogen and oxygen atoms in total. The fraction of sp³-hybridized carbons (Fsp3) is 0.862. The Morgan fingerprint density at radius 3 is 1.79 bits per heavy atom. The fourth-order valence-corrected chi connectivity index (χ4v) is 7.37. The van der Waals surface area contributed by atoms with Gasteiger partial charge in [0.05, 0.1) is 23.4 Å². The van der Waals surface area contributed by atoms with Crippen LogP contribution in [0, 0.1) is 10.8 Å². The average Bonchev–Trinajstić information content (AvgIpc) is 2.87. The Balaban J connectivity index is 2.65. The van der Waals surface area contributed by atoms with Gasteiger partial charge in [0.1, 0.15) is 25.8 Å². The number of hydrogen-bond donors (Lipinski definition) is 3. The minimum atomic E-state index is -0.993. The van der Waals surface area contributed by atoms with Crippen LogP contribution in [0.3, 0.4) is 0 Å². The molecule has 1 amide bonds. The maximum Gasteiger partial charge on any atom is 0.226 e. The zero-order chi connectivity index (χ0) is 33.2. The molecule has 0 heterocycles. The molecule has 5 atom stereocenters. The zero-order valence-corrected chi connectivity index (χ0v) is 29.3. The van der Waals surface area contributed by atoms with Gasteiger partial charge >= 0.3 is 0 Å². The molecule has 1 rings (SSSR count). The van der Waals surface area contributed by atoms with E-state index in [0.717, 1.165) is 27.2 Å². The Kier molecular flexibility index (Phi) is 16.2. The van der Waals surface area contributed by atoms with Gasteiger partial charge in [-0.15, -0.1) is 0 Å². The molecule has 5 unspecified atom stereocenters. The van der Waals surface area contributed by atoms with Crippen molar-refractivity contribution < 1.29 is 23.9 Å². The monoisotopic (exact) mass is 629 g/mol. The van der Waals surface area contributed by atoms with E-state index in [0.29, 0.717) is 41.3 Å². The molecular formula is C29H51B4N3O5S2. The van der Waals surface area contributed by atoms with E-state index < -0.39 is 22.6 Å². The lowest BCUT2D eigenvalue weighted by molar-refractivity contribution is -0.134. The molecule has 236 valence electrons. The van der Waals surface area contributed by atoms with Crippen molar-refractivity contribution in [3.05, 3.63) is 0 Å². The Hall–Kier alpha value is -0.680. The second kappa shape index (κ2) is 17.3. The number of carbonyl (C=O) groups excluding carboxylic acids is 4. The van der Waals surface area contributed by atoms with Crippen molar-refractivity contribution in [1.82, 2.24) is 10.6 Å². The summed E-state index contributed by atoms with van der Waals surface area (Å²) in [5.41, 5.74) is 3.32. The predicted molar refractivity (Wildman–Crippen MR) is 184 cm³/mol. The highest BCUT2D eigenvalue weighted by molar-refractivity contribution is 8.04. The van der Waals surface area contributed by atoms with Gasteiger partial charge in [-0.1, -0.05) is 34.6 Å². The molecule has 0 spiro atoms. The summed E-state index contributed by atoms with van der Waals surface area (Å²) in [6.45, 7) is 17.2. The molecule has 43 heavy (non-hydrogen) atoms. The Morgan fingerprint density at radius 2 is 1.35 bits per heavy atom. The van der Waals surface area contributed by atoms with Gasteiger partial charge < -0.3 is 30.7 Å². The molecule has 0 aliphatic heterocycles. The van der Waals surface area contributed by atoms with E-state index in [1.807, 2.05) is 41.5 Å². The van der Waals surface area contributed by atoms with Gasteiger partial charge in [-0.3, -0.25) is 9.59 Å². The summed E-state index contributed by atoms with van der Waals surface area (Å²) in [5, 5.41) is 6.88. The normalized spacial score (nSPS) is 20.2. The summed E-state index contributed by atoms with van der Waals surface area (Å²) in [5.74, 6) is 0.845. The lowest BCUT2D eigenvalue weighted by Crippen LogP contribution is -2.51. The lowest BCUT2D eigenvalue weighted by Gasteiger charge is -2.38. The van der Waals surface area contributed by atoms with Crippen molar-refractivity contribution in [3.8, 4) is 0 Å². The summed E-state index contributed by atoms with van der Waals surface area (Å²) in [6, 6.07) is -1.11. The molecule has 4 N–H and O–H groups in total. The summed E-state index contributed by atoms with van der Waals surface area (Å²) < 4.78 is 5.86. The summed E-state index contributed by atoms with van der Waals surface area (Å²) in [7, 11) is 13.2. The van der Waals surface area contributed by atoms with Crippen LogP contribution in [0.2, 0.25) is 0 Å². The van der Waals surface area contributed by atoms with E-state index in [4.69, 9.17) is 25.9 Å². The van der Waals surface area contributed by atoms with E-state index in [9.17, 15) is 19.2 Å². The first-order chi connectivity index (χ1) is 19.6. The molecule has 0 bridgehead atoms. The van der Waals surface area contributed by atoms with Gasteiger partial charge in [0.15, 0.2) is 0 Å². The van der Waals surface area contributed by atoms with Crippen molar-refractivity contribution in [2.24, 2.45) is 16.6 Å². The van der Waals surface area contributed by atoms with Gasteiger partial charge in [-0.05, 0) is 53.4 Å². The van der Waals surface area contributed by atoms with Crippen LogP contribution >= 0.6 is 23.5 Å². The van der Waals surface area contributed by atoms with E-state index in [-0.39, 0.29) is 41.2 Å². The maximum absolute atomic E-state index is 13.2. The first-order valence-corrected chi connectivity index (χ1v) is 17.2. The number of ether oxygens (including phenoxy) is 1. The van der Waals surface area contributed by atoms with E-state index >= 15 is 0 Å². The first-order valence-electron chi connectivity index (χ1n) is 15.1. The van der Waals surface area contributed by atoms with Crippen LogP contribution in [0.15, 0.2) is 0 Å². The molecule has 1 fully saturated rings. The number of hydrogen-bond acceptors (Lipinski definition) is 9. The molecule has 6 radical (unpaired) electrons. The van der Waals surface area contributed by atoms with Crippen LogP contribution in [0.25, 0.3) is 0 Å². The van der Waals surface area contributed by atoms with E-state index in [1.54, 1.807) is 44.3 Å². The highest BCUT2D eigenvalue weighted by atomic mass is 32.2. The molecule has 0 saturated heterocycles. The van der Waals surface area contributed by atoms with Crippen molar-refractivity contribution in [3.63, 3.8) is 0 Å². The van der Waals surface area contributed by atoms with Gasteiger partial charge in [-0.25, -0.2) is 0 Å². The topological polar surface area (TPSA) is 128 Å². The number of rotatable bonds is 20. The number of ketones is 1. The van der Waals surface area contributed by atoms with E-state index in [1.165, 1.54) is 0 Å². The lowest BCUT2D eigenvalue weighted by atomic mass is 9.51. The second-order valence-electron chi connectivity index (χ2n) is 14.4. The van der Waals surface area contributed by atoms with Gasteiger partial charge in [0.2, 0.25) is 5.91 Å². The molecular weight excluding hydrogens is 578 g/mol. The minimum Gasteiger partial charge on any atom is -0.361 e. The van der Waals surface area contributed by atoms with Crippen LogP contribution in [-0.4, -0.2) is 105 Å². The largest absolute Gasteiger partial charge is 0.361 e.